The summed E-state index contributed by atoms with van der Waals surface area (Å²) < 4.78 is 8.27. The van der Waals surface area contributed by atoms with Gasteiger partial charge < -0.3 is 0 Å². The number of hydrogen-bond donors (Lipinski definition) is 0. The Bertz CT molecular complexity index is 435. The normalized spacial score (nSPS) is 23.9. The van der Waals surface area contributed by atoms with Gasteiger partial charge in [0.05, 0.1) is 0 Å². The Labute approximate surface area is 145 Å². The summed E-state index contributed by atoms with van der Waals surface area (Å²) in [6.45, 7) is 19.1. The van der Waals surface area contributed by atoms with Gasteiger partial charge in [-0.3, -0.25) is 0 Å². The van der Waals surface area contributed by atoms with Gasteiger partial charge in [0.2, 0.25) is 0 Å². The quantitative estimate of drug-likeness (QED) is 0.349. The molecule has 1 rings (SSSR count). The predicted molar refractivity (Wildman–Crippen MR) is 106 cm³/mol. The van der Waals surface area contributed by atoms with E-state index in [1.807, 2.05) is 0 Å². The van der Waals surface area contributed by atoms with Crippen molar-refractivity contribution in [1.29, 1.82) is 0 Å². The molecule has 0 radical (unpaired) electrons. The van der Waals surface area contributed by atoms with Crippen molar-refractivity contribution in [3.05, 3.63) is 11.1 Å². The molecule has 0 spiro atoms. The van der Waals surface area contributed by atoms with Crippen LogP contribution >= 0.6 is 0 Å². The van der Waals surface area contributed by atoms with Gasteiger partial charge in [-0.1, -0.05) is 0 Å². The van der Waals surface area contributed by atoms with Crippen LogP contribution in [0.3, 0.4) is 0 Å². The molecule has 3 heteroatoms. The molecule has 22 heavy (non-hydrogen) atoms. The molecule has 0 aromatic rings. The topological polar surface area (TPSA) is 9.23 Å². The molecule has 0 saturated heterocycles. The third-order valence-corrected chi connectivity index (χ3v) is 14.4. The van der Waals surface area contributed by atoms with Crippen LogP contribution in [0, 0.1) is 5.41 Å². The standard InChI is InChI=1S/C16H31OSi.3CH3.Sn/c1-12-10-11-14(16(6,7)13(12)2)17-18(8,9)15(3,4)5;;;;/h14H,2,10-11H2,1,3-9H3;3*1H3;. The summed E-state index contributed by atoms with van der Waals surface area (Å²) in [4.78, 5) is 7.68. The third kappa shape index (κ3) is 4.86. The summed E-state index contributed by atoms with van der Waals surface area (Å²) >= 11 is -1.84. The van der Waals surface area contributed by atoms with Gasteiger partial charge in [-0.05, 0) is 0 Å². The number of rotatable bonds is 4. The summed E-state index contributed by atoms with van der Waals surface area (Å²) in [5.74, 6) is 0. The second-order valence-corrected chi connectivity index (χ2v) is 31.0. The molecule has 0 amide bonds. The fraction of sp³-hybridized carbons (Fsp3) is 0.895. The molecule has 130 valence electrons. The summed E-state index contributed by atoms with van der Waals surface area (Å²) in [6.07, 6.45) is 2.84. The maximum absolute atomic E-state index is 6.88. The number of allylic oxidation sites excluding steroid dienone is 1. The molecule has 0 heterocycles. The van der Waals surface area contributed by atoms with Gasteiger partial charge in [0.1, 0.15) is 0 Å². The molecule has 1 atom stereocenters. The zero-order valence-electron chi connectivity index (χ0n) is 17.1. The van der Waals surface area contributed by atoms with Crippen molar-refractivity contribution < 1.29 is 4.43 Å². The van der Waals surface area contributed by atoms with Gasteiger partial charge in [0.25, 0.3) is 0 Å². The molecule has 0 saturated carbocycles. The monoisotopic (exact) mass is 432 g/mol. The van der Waals surface area contributed by atoms with Gasteiger partial charge in [-0.15, -0.1) is 0 Å². The molecule has 0 N–H and O–H groups in total. The van der Waals surface area contributed by atoms with E-state index in [9.17, 15) is 0 Å². The SMILES string of the molecule is CC1=C([CH2][Sn]([CH3])([CH3])[CH3])C(C)(C)C(O[Si](C)(C)C(C)(C)C)CC1. The summed E-state index contributed by atoms with van der Waals surface area (Å²) in [5, 5.41) is 0.294. The Balaban J connectivity index is 3.08. The molecule has 0 bridgehead atoms. The van der Waals surface area contributed by atoms with Gasteiger partial charge in [0, 0.05) is 0 Å². The maximum atomic E-state index is 6.88. The zero-order chi connectivity index (χ0) is 17.6. The van der Waals surface area contributed by atoms with E-state index in [1.54, 1.807) is 11.1 Å². The van der Waals surface area contributed by atoms with E-state index in [1.165, 1.54) is 17.3 Å². The molecule has 1 aliphatic rings. The van der Waals surface area contributed by atoms with Crippen molar-refractivity contribution >= 4 is 26.7 Å². The van der Waals surface area contributed by atoms with Crippen LogP contribution in [-0.4, -0.2) is 32.8 Å². The van der Waals surface area contributed by atoms with E-state index < -0.39 is 26.7 Å². The van der Waals surface area contributed by atoms with Crippen LogP contribution in [0.2, 0.25) is 37.4 Å². The van der Waals surface area contributed by atoms with Gasteiger partial charge in [0.15, 0.2) is 0 Å². The number of hydrogen-bond acceptors (Lipinski definition) is 1. The molecule has 1 unspecified atom stereocenters. The Hall–Kier alpha value is 0.716. The van der Waals surface area contributed by atoms with Crippen molar-refractivity contribution in [2.24, 2.45) is 5.41 Å². The van der Waals surface area contributed by atoms with Gasteiger partial charge >= 0.3 is 146 Å². The van der Waals surface area contributed by atoms with E-state index in [4.69, 9.17) is 4.43 Å². The molecular weight excluding hydrogens is 391 g/mol. The first-order chi connectivity index (χ1) is 9.58. The van der Waals surface area contributed by atoms with Crippen LogP contribution in [0.25, 0.3) is 0 Å². The van der Waals surface area contributed by atoms with Gasteiger partial charge in [-0.2, -0.15) is 0 Å². The van der Waals surface area contributed by atoms with E-state index in [2.05, 4.69) is 69.5 Å². The average Bonchev–Trinajstić information content (AvgIpc) is 2.26. The van der Waals surface area contributed by atoms with Crippen molar-refractivity contribution in [3.8, 4) is 0 Å². The van der Waals surface area contributed by atoms with Crippen LogP contribution in [0.4, 0.5) is 0 Å². The van der Waals surface area contributed by atoms with Crippen molar-refractivity contribution in [2.75, 3.05) is 0 Å². The Morgan fingerprint density at radius 1 is 1.18 bits per heavy atom. The van der Waals surface area contributed by atoms with Crippen molar-refractivity contribution in [3.63, 3.8) is 0 Å². The minimum absolute atomic E-state index is 0.210. The molecule has 0 aromatic heterocycles. The van der Waals surface area contributed by atoms with E-state index in [0.29, 0.717) is 11.1 Å². The molecule has 0 fully saturated rings. The van der Waals surface area contributed by atoms with Crippen LogP contribution in [0.1, 0.15) is 54.4 Å². The second-order valence-electron chi connectivity index (χ2n) is 10.6. The summed E-state index contributed by atoms with van der Waals surface area (Å²) in [6, 6.07) is 0. The third-order valence-electron chi connectivity index (χ3n) is 5.83. The second kappa shape index (κ2) is 6.55. The molecule has 1 aliphatic carbocycles. The Kier molecular flexibility index (Phi) is 6.18. The van der Waals surface area contributed by atoms with Crippen LogP contribution in [0.15, 0.2) is 11.1 Å². The Morgan fingerprint density at radius 3 is 2.09 bits per heavy atom. The van der Waals surface area contributed by atoms with Crippen molar-refractivity contribution in [2.45, 2.75) is 97.9 Å². The van der Waals surface area contributed by atoms with Gasteiger partial charge in [-0.25, -0.2) is 0 Å². The van der Waals surface area contributed by atoms with E-state index in [-0.39, 0.29) is 5.41 Å². The molecule has 0 aliphatic heterocycles. The fourth-order valence-corrected chi connectivity index (χ4v) is 9.92. The fourth-order valence-electron chi connectivity index (χ4n) is 3.25. The minimum atomic E-state index is -1.84. The van der Waals surface area contributed by atoms with Crippen LogP contribution in [-0.2, 0) is 4.43 Å². The zero-order valence-corrected chi connectivity index (χ0v) is 21.0. The molecular formula is C19H40OSiSn. The molecule has 0 aromatic carbocycles. The van der Waals surface area contributed by atoms with Crippen LogP contribution < -0.4 is 0 Å². The first-order valence-corrected chi connectivity index (χ1v) is 22.4. The summed E-state index contributed by atoms with van der Waals surface area (Å²) in [7, 11) is -1.70. The molecule has 1 nitrogen and oxygen atoms in total. The average molecular weight is 431 g/mol. The van der Waals surface area contributed by atoms with E-state index >= 15 is 0 Å². The predicted octanol–water partition coefficient (Wildman–Crippen LogP) is 6.85. The first kappa shape index (κ1) is 20.8. The van der Waals surface area contributed by atoms with E-state index in [0.717, 1.165) is 0 Å². The van der Waals surface area contributed by atoms with Crippen molar-refractivity contribution in [1.82, 2.24) is 0 Å². The van der Waals surface area contributed by atoms with Crippen LogP contribution in [0.5, 0.6) is 0 Å². The summed E-state index contributed by atoms with van der Waals surface area (Å²) in [5.41, 5.74) is 3.61. The first-order valence-electron chi connectivity index (χ1n) is 8.95. The Morgan fingerprint density at radius 2 is 1.68 bits per heavy atom.